The van der Waals surface area contributed by atoms with Gasteiger partial charge in [-0.2, -0.15) is 0 Å². The second-order valence-electron chi connectivity index (χ2n) is 6.46. The van der Waals surface area contributed by atoms with E-state index in [0.29, 0.717) is 23.6 Å². The summed E-state index contributed by atoms with van der Waals surface area (Å²) >= 11 is 0. The van der Waals surface area contributed by atoms with Crippen molar-refractivity contribution in [2.45, 2.75) is 11.5 Å². The topological polar surface area (TPSA) is 90.5 Å². The molecule has 8 heteroatoms. The largest absolute Gasteiger partial charge is 0.489 e. The van der Waals surface area contributed by atoms with E-state index in [1.807, 2.05) is 30.3 Å². The molecular weight excluding hydrogens is 392 g/mol. The molecule has 3 aromatic carbocycles. The molecule has 0 atom stereocenters. The molecule has 148 valence electrons. The highest BCUT2D eigenvalue weighted by atomic mass is 32.2. The van der Waals surface area contributed by atoms with Crippen molar-refractivity contribution in [1.82, 2.24) is 4.57 Å². The number of nitrogens with zero attached hydrogens (tertiary/aromatic N) is 1. The average Bonchev–Trinajstić information content (AvgIpc) is 3.01. The second kappa shape index (κ2) is 7.48. The lowest BCUT2D eigenvalue weighted by Gasteiger charge is -2.10. The lowest BCUT2D eigenvalue weighted by atomic mass is 10.2. The molecule has 29 heavy (non-hydrogen) atoms. The van der Waals surface area contributed by atoms with Gasteiger partial charge in [0.05, 0.1) is 10.4 Å². The fourth-order valence-corrected chi connectivity index (χ4v) is 3.93. The van der Waals surface area contributed by atoms with E-state index in [0.717, 1.165) is 5.56 Å². The predicted octanol–water partition coefficient (Wildman–Crippen LogP) is 3.51. The quantitative estimate of drug-likeness (QED) is 0.525. The maximum atomic E-state index is 12.7. The molecule has 1 N–H and O–H groups in total. The minimum atomic E-state index is -3.84. The van der Waals surface area contributed by atoms with Crippen molar-refractivity contribution in [3.63, 3.8) is 0 Å². The SMILES string of the molecule is Cn1c(=O)oc2cc(S(=O)(=O)Nc3ccc(OCc4ccccc4)cc3)ccc21. The highest BCUT2D eigenvalue weighted by Crippen LogP contribution is 2.22. The van der Waals surface area contributed by atoms with Crippen LogP contribution in [0, 0.1) is 0 Å². The van der Waals surface area contributed by atoms with E-state index in [2.05, 4.69) is 4.72 Å². The van der Waals surface area contributed by atoms with Crippen molar-refractivity contribution in [1.29, 1.82) is 0 Å². The number of hydrogen-bond donors (Lipinski definition) is 1. The van der Waals surface area contributed by atoms with Gasteiger partial charge in [0.2, 0.25) is 0 Å². The number of oxazole rings is 1. The van der Waals surface area contributed by atoms with Crippen molar-refractivity contribution >= 4 is 26.8 Å². The number of ether oxygens (including phenoxy) is 1. The summed E-state index contributed by atoms with van der Waals surface area (Å²) in [4.78, 5) is 11.6. The van der Waals surface area contributed by atoms with Gasteiger partial charge in [-0.15, -0.1) is 0 Å². The lowest BCUT2D eigenvalue weighted by molar-refractivity contribution is 0.306. The smallest absolute Gasteiger partial charge is 0.419 e. The molecule has 0 spiro atoms. The number of nitrogens with one attached hydrogen (secondary N) is 1. The monoisotopic (exact) mass is 410 g/mol. The summed E-state index contributed by atoms with van der Waals surface area (Å²) in [6.07, 6.45) is 0. The zero-order valence-corrected chi connectivity index (χ0v) is 16.3. The van der Waals surface area contributed by atoms with E-state index in [1.54, 1.807) is 31.3 Å². The van der Waals surface area contributed by atoms with E-state index >= 15 is 0 Å². The van der Waals surface area contributed by atoms with Crippen molar-refractivity contribution in [3.8, 4) is 5.75 Å². The van der Waals surface area contributed by atoms with Gasteiger partial charge in [0, 0.05) is 18.8 Å². The molecule has 7 nitrogen and oxygen atoms in total. The maximum Gasteiger partial charge on any atom is 0.419 e. The van der Waals surface area contributed by atoms with Gasteiger partial charge < -0.3 is 9.15 Å². The molecule has 0 amide bonds. The molecular formula is C21H18N2O5S. The minimum Gasteiger partial charge on any atom is -0.489 e. The Morgan fingerprint density at radius 1 is 1.00 bits per heavy atom. The van der Waals surface area contributed by atoms with E-state index in [1.165, 1.54) is 22.8 Å². The minimum absolute atomic E-state index is 0.00348. The Hall–Kier alpha value is -3.52. The first-order valence-electron chi connectivity index (χ1n) is 8.81. The second-order valence-corrected chi connectivity index (χ2v) is 8.14. The number of aromatic nitrogens is 1. The van der Waals surface area contributed by atoms with E-state index < -0.39 is 15.8 Å². The number of rotatable bonds is 6. The number of anilines is 1. The first-order valence-corrected chi connectivity index (χ1v) is 10.3. The first-order chi connectivity index (χ1) is 13.9. The summed E-state index contributed by atoms with van der Waals surface area (Å²) < 4.78 is 39.9. The van der Waals surface area contributed by atoms with Crippen molar-refractivity contribution < 1.29 is 17.6 Å². The molecule has 0 bridgehead atoms. The van der Waals surface area contributed by atoms with Crippen LogP contribution in [-0.2, 0) is 23.7 Å². The highest BCUT2D eigenvalue weighted by Gasteiger charge is 2.17. The van der Waals surface area contributed by atoms with Gasteiger partial charge in [0.25, 0.3) is 10.0 Å². The molecule has 0 saturated carbocycles. The molecule has 1 aromatic heterocycles. The van der Waals surface area contributed by atoms with Crippen LogP contribution in [0.5, 0.6) is 5.75 Å². The third-order valence-electron chi connectivity index (χ3n) is 4.43. The summed E-state index contributed by atoms with van der Waals surface area (Å²) in [7, 11) is -2.28. The summed E-state index contributed by atoms with van der Waals surface area (Å²) in [6.45, 7) is 0.425. The normalized spacial score (nSPS) is 11.5. The maximum absolute atomic E-state index is 12.7. The van der Waals surface area contributed by atoms with Crippen molar-refractivity contribution in [3.05, 3.63) is 88.9 Å². The molecule has 4 rings (SSSR count). The Morgan fingerprint density at radius 2 is 1.72 bits per heavy atom. The summed E-state index contributed by atoms with van der Waals surface area (Å²) in [5.74, 6) is 0.0814. The molecule has 0 unspecified atom stereocenters. The van der Waals surface area contributed by atoms with Gasteiger partial charge in [0.15, 0.2) is 5.58 Å². The number of hydrogen-bond acceptors (Lipinski definition) is 5. The Bertz CT molecular complexity index is 1310. The van der Waals surface area contributed by atoms with Crippen LogP contribution in [0.15, 0.2) is 86.9 Å². The van der Waals surface area contributed by atoms with Gasteiger partial charge in [-0.3, -0.25) is 9.29 Å². The summed E-state index contributed by atoms with van der Waals surface area (Å²) in [6, 6.07) is 20.7. The summed E-state index contributed by atoms with van der Waals surface area (Å²) in [5, 5.41) is 0. The molecule has 0 saturated heterocycles. The predicted molar refractivity (Wildman–Crippen MR) is 109 cm³/mol. The zero-order chi connectivity index (χ0) is 20.4. The van der Waals surface area contributed by atoms with Crippen LogP contribution in [0.2, 0.25) is 0 Å². The standard InChI is InChI=1S/C21H18N2O5S/c1-23-19-12-11-18(13-20(19)28-21(23)24)29(25,26)22-16-7-9-17(10-8-16)27-14-15-5-3-2-4-6-15/h2-13,22H,14H2,1H3. The number of benzene rings is 3. The zero-order valence-electron chi connectivity index (χ0n) is 15.5. The van der Waals surface area contributed by atoms with Crippen LogP contribution in [0.3, 0.4) is 0 Å². The highest BCUT2D eigenvalue weighted by molar-refractivity contribution is 7.92. The molecule has 4 aromatic rings. The van der Waals surface area contributed by atoms with Gasteiger partial charge in [0.1, 0.15) is 12.4 Å². The Balaban J connectivity index is 1.48. The number of aryl methyl sites for hydroxylation is 1. The van der Waals surface area contributed by atoms with Crippen LogP contribution in [0.4, 0.5) is 5.69 Å². The molecule has 0 aliphatic carbocycles. The van der Waals surface area contributed by atoms with Crippen LogP contribution in [0.1, 0.15) is 5.56 Å². The van der Waals surface area contributed by atoms with Gasteiger partial charge >= 0.3 is 5.76 Å². The summed E-state index contributed by atoms with van der Waals surface area (Å²) in [5.41, 5.74) is 2.17. The molecule has 0 aliphatic heterocycles. The van der Waals surface area contributed by atoms with Crippen LogP contribution < -0.4 is 15.2 Å². The Labute approximate surface area is 167 Å². The lowest BCUT2D eigenvalue weighted by Crippen LogP contribution is -2.12. The molecule has 0 radical (unpaired) electrons. The van der Waals surface area contributed by atoms with Gasteiger partial charge in [-0.1, -0.05) is 30.3 Å². The fraction of sp³-hybridized carbons (Fsp3) is 0.0952. The third kappa shape index (κ3) is 4.02. The van der Waals surface area contributed by atoms with Crippen molar-refractivity contribution in [2.75, 3.05) is 4.72 Å². The van der Waals surface area contributed by atoms with Gasteiger partial charge in [-0.25, -0.2) is 13.2 Å². The van der Waals surface area contributed by atoms with E-state index in [-0.39, 0.29) is 10.5 Å². The molecule has 0 aliphatic rings. The van der Waals surface area contributed by atoms with E-state index in [4.69, 9.17) is 9.15 Å². The van der Waals surface area contributed by atoms with Crippen LogP contribution in [0.25, 0.3) is 11.1 Å². The van der Waals surface area contributed by atoms with E-state index in [9.17, 15) is 13.2 Å². The van der Waals surface area contributed by atoms with Crippen LogP contribution >= 0.6 is 0 Å². The molecule has 0 fully saturated rings. The van der Waals surface area contributed by atoms with Crippen LogP contribution in [-0.4, -0.2) is 13.0 Å². The first kappa shape index (κ1) is 18.8. The number of sulfonamides is 1. The van der Waals surface area contributed by atoms with Gasteiger partial charge in [-0.05, 0) is 42.0 Å². The third-order valence-corrected chi connectivity index (χ3v) is 5.81. The molecule has 1 heterocycles. The fourth-order valence-electron chi connectivity index (χ4n) is 2.86. The number of fused-ring (bicyclic) bond motifs is 1. The average molecular weight is 410 g/mol. The van der Waals surface area contributed by atoms with Crippen molar-refractivity contribution in [2.24, 2.45) is 7.05 Å². The Morgan fingerprint density at radius 3 is 2.45 bits per heavy atom. The Kier molecular flexibility index (Phi) is 4.85.